The number of rotatable bonds is 6. The van der Waals surface area contributed by atoms with Crippen LogP contribution in [0.15, 0.2) is 11.4 Å². The van der Waals surface area contributed by atoms with E-state index < -0.39 is 0 Å². The quantitative estimate of drug-likeness (QED) is 0.824. The Balaban J connectivity index is 0.00000156. The maximum Gasteiger partial charge on any atom is 0.261 e. The first-order chi connectivity index (χ1) is 10.8. The third-order valence-electron chi connectivity index (χ3n) is 4.98. The van der Waals surface area contributed by atoms with E-state index in [1.165, 1.54) is 31.4 Å². The van der Waals surface area contributed by atoms with Gasteiger partial charge in [-0.25, -0.2) is 0 Å². The fraction of sp³-hybridized carbons (Fsp3) is 0.706. The van der Waals surface area contributed by atoms with Crippen molar-refractivity contribution < 1.29 is 9.53 Å². The Labute approximate surface area is 147 Å². The number of ether oxygens (including phenoxy) is 1. The van der Waals surface area contributed by atoms with Gasteiger partial charge in [0, 0.05) is 31.2 Å². The SMILES string of the molecule is Cl.O=C(NC1CCOCC1)c1cc([C@H]2C[C@@H]2NCC2CC2)cs1. The maximum absolute atomic E-state index is 12.3. The van der Waals surface area contributed by atoms with Gasteiger partial charge in [-0.05, 0) is 61.6 Å². The number of carbonyl (C=O) groups is 1. The summed E-state index contributed by atoms with van der Waals surface area (Å²) < 4.78 is 5.33. The van der Waals surface area contributed by atoms with E-state index in [9.17, 15) is 4.79 Å². The van der Waals surface area contributed by atoms with Gasteiger partial charge in [-0.3, -0.25) is 4.79 Å². The molecule has 0 radical (unpaired) electrons. The molecule has 1 aliphatic heterocycles. The van der Waals surface area contributed by atoms with Gasteiger partial charge in [-0.2, -0.15) is 0 Å². The molecule has 2 heterocycles. The highest BCUT2D eigenvalue weighted by molar-refractivity contribution is 7.12. The predicted molar refractivity (Wildman–Crippen MR) is 94.7 cm³/mol. The summed E-state index contributed by atoms with van der Waals surface area (Å²) in [7, 11) is 0. The molecule has 3 aliphatic rings. The highest BCUT2D eigenvalue weighted by Crippen LogP contribution is 2.43. The van der Waals surface area contributed by atoms with Crippen LogP contribution in [-0.2, 0) is 4.74 Å². The molecular weight excluding hydrogens is 332 g/mol. The second-order valence-electron chi connectivity index (χ2n) is 6.90. The van der Waals surface area contributed by atoms with Crippen molar-refractivity contribution >= 4 is 29.7 Å². The van der Waals surface area contributed by atoms with Crippen LogP contribution in [-0.4, -0.2) is 37.7 Å². The van der Waals surface area contributed by atoms with Gasteiger partial charge in [0.25, 0.3) is 5.91 Å². The van der Waals surface area contributed by atoms with Crippen LogP contribution in [0.1, 0.15) is 53.3 Å². The molecule has 1 amide bonds. The molecule has 4 rings (SSSR count). The first kappa shape index (κ1) is 17.2. The van der Waals surface area contributed by atoms with Crippen LogP contribution in [0, 0.1) is 5.92 Å². The van der Waals surface area contributed by atoms with E-state index in [0.717, 1.165) is 36.9 Å². The molecule has 1 aromatic heterocycles. The van der Waals surface area contributed by atoms with Crippen molar-refractivity contribution in [2.24, 2.45) is 5.92 Å². The van der Waals surface area contributed by atoms with E-state index in [1.54, 1.807) is 11.3 Å². The Morgan fingerprint density at radius 2 is 2.04 bits per heavy atom. The van der Waals surface area contributed by atoms with Gasteiger partial charge in [-0.15, -0.1) is 23.7 Å². The Morgan fingerprint density at radius 1 is 1.26 bits per heavy atom. The zero-order valence-corrected chi connectivity index (χ0v) is 14.9. The molecule has 1 saturated heterocycles. The van der Waals surface area contributed by atoms with Gasteiger partial charge in [0.2, 0.25) is 0 Å². The van der Waals surface area contributed by atoms with Crippen LogP contribution in [0.5, 0.6) is 0 Å². The molecule has 2 saturated carbocycles. The van der Waals surface area contributed by atoms with Gasteiger partial charge < -0.3 is 15.4 Å². The first-order valence-electron chi connectivity index (χ1n) is 8.50. The summed E-state index contributed by atoms with van der Waals surface area (Å²) in [5.74, 6) is 1.65. The standard InChI is InChI=1S/C17H24N2O2S.ClH/c20-17(19-13-3-5-21-6-4-13)16-7-12(10-22-16)14-8-15(14)18-9-11-1-2-11;/h7,10-11,13-15,18H,1-6,8-9H2,(H,19,20);1H/t14-,15+;/m1./s1. The summed E-state index contributed by atoms with van der Waals surface area (Å²) in [5, 5.41) is 8.97. The zero-order chi connectivity index (χ0) is 14.9. The molecule has 2 aliphatic carbocycles. The van der Waals surface area contributed by atoms with Gasteiger partial charge in [0.05, 0.1) is 4.88 Å². The Hall–Kier alpha value is -0.620. The average Bonchev–Trinajstić information content (AvgIpc) is 3.45. The fourth-order valence-electron chi connectivity index (χ4n) is 3.19. The van der Waals surface area contributed by atoms with Crippen LogP contribution in [0.3, 0.4) is 0 Å². The molecule has 4 nitrogen and oxygen atoms in total. The molecule has 23 heavy (non-hydrogen) atoms. The summed E-state index contributed by atoms with van der Waals surface area (Å²) in [6, 6.07) is 3.02. The molecule has 0 spiro atoms. The summed E-state index contributed by atoms with van der Waals surface area (Å²) in [5.41, 5.74) is 1.34. The monoisotopic (exact) mass is 356 g/mol. The largest absolute Gasteiger partial charge is 0.381 e. The minimum atomic E-state index is 0. The third kappa shape index (κ3) is 4.47. The lowest BCUT2D eigenvalue weighted by Crippen LogP contribution is -2.38. The molecule has 6 heteroatoms. The minimum absolute atomic E-state index is 0. The molecule has 1 aromatic rings. The molecule has 128 valence electrons. The molecule has 0 bridgehead atoms. The molecule has 0 aromatic carbocycles. The summed E-state index contributed by atoms with van der Waals surface area (Å²) in [4.78, 5) is 13.2. The van der Waals surface area contributed by atoms with Gasteiger partial charge in [0.1, 0.15) is 0 Å². The maximum atomic E-state index is 12.3. The Bertz CT molecular complexity index is 540. The highest BCUT2D eigenvalue weighted by Gasteiger charge is 2.39. The van der Waals surface area contributed by atoms with Crippen LogP contribution < -0.4 is 10.6 Å². The second kappa shape index (κ2) is 7.51. The lowest BCUT2D eigenvalue weighted by Gasteiger charge is -2.22. The highest BCUT2D eigenvalue weighted by atomic mass is 35.5. The zero-order valence-electron chi connectivity index (χ0n) is 13.3. The van der Waals surface area contributed by atoms with Crippen molar-refractivity contribution in [3.63, 3.8) is 0 Å². The number of hydrogen-bond acceptors (Lipinski definition) is 4. The van der Waals surface area contributed by atoms with Gasteiger partial charge >= 0.3 is 0 Å². The normalized spacial score (nSPS) is 27.3. The van der Waals surface area contributed by atoms with Crippen LogP contribution >= 0.6 is 23.7 Å². The van der Waals surface area contributed by atoms with E-state index >= 15 is 0 Å². The van der Waals surface area contributed by atoms with Crippen LogP contribution in [0.4, 0.5) is 0 Å². The summed E-state index contributed by atoms with van der Waals surface area (Å²) in [6.45, 7) is 2.70. The van der Waals surface area contributed by atoms with Gasteiger partial charge in [0.15, 0.2) is 0 Å². The third-order valence-corrected chi connectivity index (χ3v) is 5.93. The van der Waals surface area contributed by atoms with E-state index in [-0.39, 0.29) is 24.4 Å². The number of halogens is 1. The lowest BCUT2D eigenvalue weighted by molar-refractivity contribution is 0.0698. The van der Waals surface area contributed by atoms with Crippen molar-refractivity contribution in [2.75, 3.05) is 19.8 Å². The Morgan fingerprint density at radius 3 is 2.78 bits per heavy atom. The number of amides is 1. The second-order valence-corrected chi connectivity index (χ2v) is 7.82. The number of thiophene rings is 1. The summed E-state index contributed by atoms with van der Waals surface area (Å²) >= 11 is 1.58. The summed E-state index contributed by atoms with van der Waals surface area (Å²) in [6.07, 6.45) is 5.89. The van der Waals surface area contributed by atoms with Crippen LogP contribution in [0.2, 0.25) is 0 Å². The fourth-order valence-corrected chi connectivity index (χ4v) is 4.07. The van der Waals surface area contributed by atoms with E-state index in [4.69, 9.17) is 4.74 Å². The molecule has 3 fully saturated rings. The van der Waals surface area contributed by atoms with Crippen molar-refractivity contribution in [2.45, 2.75) is 50.1 Å². The van der Waals surface area contributed by atoms with E-state index in [2.05, 4.69) is 22.1 Å². The van der Waals surface area contributed by atoms with Crippen molar-refractivity contribution in [3.05, 3.63) is 21.9 Å². The van der Waals surface area contributed by atoms with Crippen molar-refractivity contribution in [3.8, 4) is 0 Å². The van der Waals surface area contributed by atoms with Crippen molar-refractivity contribution in [1.82, 2.24) is 10.6 Å². The number of carbonyl (C=O) groups excluding carboxylic acids is 1. The lowest BCUT2D eigenvalue weighted by atomic mass is 10.1. The molecule has 0 unspecified atom stereocenters. The smallest absolute Gasteiger partial charge is 0.261 e. The Kier molecular flexibility index (Phi) is 5.62. The first-order valence-corrected chi connectivity index (χ1v) is 9.38. The van der Waals surface area contributed by atoms with Crippen LogP contribution in [0.25, 0.3) is 0 Å². The van der Waals surface area contributed by atoms with E-state index in [0.29, 0.717) is 12.0 Å². The molecular formula is C17H25ClN2O2S. The number of nitrogens with one attached hydrogen (secondary N) is 2. The van der Waals surface area contributed by atoms with Crippen molar-refractivity contribution in [1.29, 1.82) is 0 Å². The topological polar surface area (TPSA) is 50.4 Å². The van der Waals surface area contributed by atoms with E-state index in [1.807, 2.05) is 0 Å². The minimum Gasteiger partial charge on any atom is -0.381 e. The average molecular weight is 357 g/mol. The predicted octanol–water partition coefficient (Wildman–Crippen LogP) is 2.93. The van der Waals surface area contributed by atoms with Gasteiger partial charge in [-0.1, -0.05) is 0 Å². The molecule has 2 N–H and O–H groups in total. The molecule has 2 atom stereocenters. The number of hydrogen-bond donors (Lipinski definition) is 2.